The number of aryl methyl sites for hydroxylation is 3. The third kappa shape index (κ3) is 3.79. The van der Waals surface area contributed by atoms with Gasteiger partial charge in [0.1, 0.15) is 6.54 Å². The highest BCUT2D eigenvalue weighted by Crippen LogP contribution is 2.27. The van der Waals surface area contributed by atoms with Crippen molar-refractivity contribution in [2.24, 2.45) is 0 Å². The topological polar surface area (TPSA) is 71.8 Å². The molecule has 0 unspecified atom stereocenters. The summed E-state index contributed by atoms with van der Waals surface area (Å²) in [5.41, 5.74) is 3.28. The Bertz CT molecular complexity index is 680. The maximum atomic E-state index is 12.2. The number of amides is 1. The quantitative estimate of drug-likeness (QED) is 0.901. The van der Waals surface area contributed by atoms with Gasteiger partial charge in [0.05, 0.1) is 11.4 Å². The van der Waals surface area contributed by atoms with Crippen molar-refractivity contribution in [1.82, 2.24) is 20.1 Å². The van der Waals surface area contributed by atoms with Crippen LogP contribution in [0.4, 0.5) is 5.13 Å². The molecule has 0 saturated carbocycles. The fraction of sp³-hybridized carbons (Fsp3) is 0.562. The predicted molar refractivity (Wildman–Crippen MR) is 92.0 cm³/mol. The lowest BCUT2D eigenvalue weighted by atomic mass is 9.91. The molecule has 1 fully saturated rings. The van der Waals surface area contributed by atoms with Gasteiger partial charge in [-0.05, 0) is 58.2 Å². The molecule has 2 aromatic rings. The summed E-state index contributed by atoms with van der Waals surface area (Å²) in [7, 11) is 0. The van der Waals surface area contributed by atoms with Gasteiger partial charge in [0.2, 0.25) is 5.91 Å². The first kappa shape index (κ1) is 16.1. The van der Waals surface area contributed by atoms with Gasteiger partial charge in [0, 0.05) is 11.1 Å². The van der Waals surface area contributed by atoms with Crippen LogP contribution in [-0.4, -0.2) is 33.8 Å². The van der Waals surface area contributed by atoms with Gasteiger partial charge in [-0.1, -0.05) is 0 Å². The van der Waals surface area contributed by atoms with Crippen molar-refractivity contribution < 1.29 is 4.79 Å². The molecule has 0 atom stereocenters. The Kier molecular flexibility index (Phi) is 4.77. The van der Waals surface area contributed by atoms with Crippen LogP contribution in [0.3, 0.4) is 0 Å². The van der Waals surface area contributed by atoms with E-state index in [1.54, 1.807) is 4.68 Å². The van der Waals surface area contributed by atoms with E-state index in [-0.39, 0.29) is 12.5 Å². The molecule has 3 rings (SSSR count). The highest BCUT2D eigenvalue weighted by atomic mass is 32.1. The number of rotatable bonds is 4. The summed E-state index contributed by atoms with van der Waals surface area (Å²) < 4.78 is 1.75. The molecule has 1 aliphatic rings. The van der Waals surface area contributed by atoms with Gasteiger partial charge in [0.25, 0.3) is 0 Å². The number of carbonyl (C=O) groups is 1. The van der Waals surface area contributed by atoms with E-state index in [0.29, 0.717) is 11.0 Å². The van der Waals surface area contributed by atoms with Gasteiger partial charge in [-0.15, -0.1) is 11.3 Å². The normalized spacial score (nSPS) is 15.8. The Labute approximate surface area is 140 Å². The molecule has 0 aromatic carbocycles. The highest BCUT2D eigenvalue weighted by molar-refractivity contribution is 7.15. The standard InChI is InChI=1S/C16H23N5OS/c1-10-12(3)23-16(18-10)19-15(22)9-21-8-14(11(2)20-21)13-4-6-17-7-5-13/h8,13,17H,4-7,9H2,1-3H3,(H,18,19,22). The predicted octanol–water partition coefficient (Wildman–Crippen LogP) is 2.37. The monoisotopic (exact) mass is 333 g/mol. The van der Waals surface area contributed by atoms with E-state index in [0.717, 1.165) is 42.2 Å². The van der Waals surface area contributed by atoms with Gasteiger partial charge in [-0.3, -0.25) is 9.48 Å². The third-order valence-electron chi connectivity index (χ3n) is 4.34. The molecular formula is C16H23N5OS. The van der Waals surface area contributed by atoms with Crippen LogP contribution in [0, 0.1) is 20.8 Å². The summed E-state index contributed by atoms with van der Waals surface area (Å²) >= 11 is 1.50. The molecule has 2 N–H and O–H groups in total. The van der Waals surface area contributed by atoms with Gasteiger partial charge < -0.3 is 10.6 Å². The minimum absolute atomic E-state index is 0.0851. The molecule has 0 radical (unpaired) electrons. The molecule has 0 spiro atoms. The van der Waals surface area contributed by atoms with Crippen LogP contribution in [0.15, 0.2) is 6.20 Å². The number of hydrogen-bond donors (Lipinski definition) is 2. The van der Waals surface area contributed by atoms with Gasteiger partial charge in [0.15, 0.2) is 5.13 Å². The number of anilines is 1. The minimum Gasteiger partial charge on any atom is -0.317 e. The second-order valence-electron chi connectivity index (χ2n) is 6.10. The van der Waals surface area contributed by atoms with Gasteiger partial charge in [-0.2, -0.15) is 5.10 Å². The van der Waals surface area contributed by atoms with Crippen LogP contribution in [0.5, 0.6) is 0 Å². The van der Waals surface area contributed by atoms with Crippen LogP contribution in [-0.2, 0) is 11.3 Å². The van der Waals surface area contributed by atoms with Crippen molar-refractivity contribution in [2.45, 2.75) is 46.1 Å². The molecule has 1 amide bonds. The number of nitrogens with one attached hydrogen (secondary N) is 2. The summed E-state index contributed by atoms with van der Waals surface area (Å²) in [6, 6.07) is 0. The Morgan fingerprint density at radius 3 is 2.74 bits per heavy atom. The van der Waals surface area contributed by atoms with Gasteiger partial charge >= 0.3 is 0 Å². The second-order valence-corrected chi connectivity index (χ2v) is 7.30. The first-order valence-corrected chi connectivity index (χ1v) is 8.83. The fourth-order valence-electron chi connectivity index (χ4n) is 2.98. The summed E-state index contributed by atoms with van der Waals surface area (Å²) in [5.74, 6) is 0.468. The van der Waals surface area contributed by atoms with Crippen LogP contribution < -0.4 is 10.6 Å². The van der Waals surface area contributed by atoms with Crippen molar-refractivity contribution in [2.75, 3.05) is 18.4 Å². The molecule has 124 valence electrons. The van der Waals surface area contributed by atoms with Crippen molar-refractivity contribution in [3.05, 3.63) is 28.0 Å². The van der Waals surface area contributed by atoms with E-state index >= 15 is 0 Å². The van der Waals surface area contributed by atoms with Crippen molar-refractivity contribution in [3.63, 3.8) is 0 Å². The minimum atomic E-state index is -0.0851. The van der Waals surface area contributed by atoms with Crippen molar-refractivity contribution >= 4 is 22.4 Å². The summed E-state index contributed by atoms with van der Waals surface area (Å²) in [6.45, 7) is 8.31. The molecule has 1 aliphatic heterocycles. The molecule has 0 aliphatic carbocycles. The fourth-order valence-corrected chi connectivity index (χ4v) is 3.81. The lowest BCUT2D eigenvalue weighted by molar-refractivity contribution is -0.116. The first-order valence-electron chi connectivity index (χ1n) is 8.01. The van der Waals surface area contributed by atoms with E-state index in [4.69, 9.17) is 0 Å². The van der Waals surface area contributed by atoms with E-state index in [9.17, 15) is 4.79 Å². The number of nitrogens with zero attached hydrogens (tertiary/aromatic N) is 3. The summed E-state index contributed by atoms with van der Waals surface area (Å²) in [4.78, 5) is 17.7. The molecule has 2 aromatic heterocycles. The number of carbonyl (C=O) groups excluding carboxylic acids is 1. The number of piperidine rings is 1. The molecule has 23 heavy (non-hydrogen) atoms. The lowest BCUT2D eigenvalue weighted by Gasteiger charge is -2.21. The highest BCUT2D eigenvalue weighted by Gasteiger charge is 2.20. The van der Waals surface area contributed by atoms with Crippen LogP contribution in [0.2, 0.25) is 0 Å². The molecule has 6 nitrogen and oxygen atoms in total. The number of thiazole rings is 1. The average Bonchev–Trinajstić information content (AvgIpc) is 3.02. The Morgan fingerprint density at radius 1 is 1.35 bits per heavy atom. The lowest BCUT2D eigenvalue weighted by Crippen LogP contribution is -2.26. The number of hydrogen-bond acceptors (Lipinski definition) is 5. The molecule has 3 heterocycles. The van der Waals surface area contributed by atoms with Crippen molar-refractivity contribution in [1.29, 1.82) is 0 Å². The zero-order valence-electron chi connectivity index (χ0n) is 13.8. The van der Waals surface area contributed by atoms with Crippen LogP contribution in [0.1, 0.15) is 40.6 Å². The first-order chi connectivity index (χ1) is 11.0. The molecule has 1 saturated heterocycles. The van der Waals surface area contributed by atoms with E-state index < -0.39 is 0 Å². The zero-order chi connectivity index (χ0) is 16.4. The Hall–Kier alpha value is -1.73. The molecular weight excluding hydrogens is 310 g/mol. The maximum absolute atomic E-state index is 12.2. The van der Waals surface area contributed by atoms with E-state index in [1.807, 2.05) is 27.0 Å². The van der Waals surface area contributed by atoms with Crippen LogP contribution >= 0.6 is 11.3 Å². The maximum Gasteiger partial charge on any atom is 0.247 e. The summed E-state index contributed by atoms with van der Waals surface area (Å²) in [5, 5.41) is 11.4. The Morgan fingerprint density at radius 2 is 2.09 bits per heavy atom. The third-order valence-corrected chi connectivity index (χ3v) is 5.33. The smallest absolute Gasteiger partial charge is 0.247 e. The molecule has 7 heteroatoms. The second kappa shape index (κ2) is 6.80. The molecule has 0 bridgehead atoms. The largest absolute Gasteiger partial charge is 0.317 e. The van der Waals surface area contributed by atoms with Crippen molar-refractivity contribution in [3.8, 4) is 0 Å². The summed E-state index contributed by atoms with van der Waals surface area (Å²) in [6.07, 6.45) is 4.30. The Balaban J connectivity index is 1.64. The van der Waals surface area contributed by atoms with Gasteiger partial charge in [-0.25, -0.2) is 4.98 Å². The zero-order valence-corrected chi connectivity index (χ0v) is 14.7. The number of aromatic nitrogens is 3. The average molecular weight is 333 g/mol. The van der Waals surface area contributed by atoms with Crippen LogP contribution in [0.25, 0.3) is 0 Å². The van der Waals surface area contributed by atoms with E-state index in [1.165, 1.54) is 16.9 Å². The SMILES string of the molecule is Cc1nn(CC(=O)Nc2nc(C)c(C)s2)cc1C1CCNCC1. The van der Waals surface area contributed by atoms with E-state index in [2.05, 4.69) is 20.7 Å².